The number of ether oxygens (including phenoxy) is 2. The Hall–Kier alpha value is -1.36. The number of carbonyl (C=O) groups excluding carboxylic acids is 2. The first kappa shape index (κ1) is 20.9. The molecule has 3 aliphatic carbocycles. The van der Waals surface area contributed by atoms with Crippen molar-refractivity contribution in [2.24, 2.45) is 34.0 Å². The predicted molar refractivity (Wildman–Crippen MR) is 109 cm³/mol. The minimum Gasteiger partial charge on any atom is -0.448 e. The minimum atomic E-state index is -0.730. The summed E-state index contributed by atoms with van der Waals surface area (Å²) in [4.78, 5) is 24.2. The van der Waals surface area contributed by atoms with Crippen LogP contribution in [0, 0.1) is 34.0 Å². The molecule has 4 aliphatic rings. The molecule has 0 saturated heterocycles. The summed E-state index contributed by atoms with van der Waals surface area (Å²) in [7, 11) is 0. The van der Waals surface area contributed by atoms with Gasteiger partial charge in [-0.3, -0.25) is 4.79 Å². The third-order valence-electron chi connectivity index (χ3n) is 9.60. The van der Waals surface area contributed by atoms with Gasteiger partial charge in [0.05, 0.1) is 6.10 Å². The summed E-state index contributed by atoms with van der Waals surface area (Å²) in [5.74, 6) is 0.0458. The molecule has 3 saturated carbocycles. The zero-order valence-electron chi connectivity index (χ0n) is 18.7. The van der Waals surface area contributed by atoms with Gasteiger partial charge in [0.15, 0.2) is 0 Å². The van der Waals surface area contributed by atoms with Gasteiger partial charge in [0.2, 0.25) is 5.76 Å². The Morgan fingerprint density at radius 1 is 1.10 bits per heavy atom. The molecular weight excluding hydrogens is 368 g/mol. The Morgan fingerprint density at radius 3 is 2.45 bits per heavy atom. The average Bonchev–Trinajstić information content (AvgIpc) is 2.94. The van der Waals surface area contributed by atoms with Crippen molar-refractivity contribution >= 4 is 11.9 Å². The van der Waals surface area contributed by atoms with Gasteiger partial charge in [-0.2, -0.15) is 0 Å². The van der Waals surface area contributed by atoms with Crippen molar-refractivity contribution in [1.82, 2.24) is 0 Å². The van der Waals surface area contributed by atoms with Crippen molar-refractivity contribution in [1.29, 1.82) is 0 Å². The summed E-state index contributed by atoms with van der Waals surface area (Å²) >= 11 is 0. The Labute approximate surface area is 174 Å². The number of aliphatic hydroxyl groups excluding tert-OH is 1. The fourth-order valence-electron chi connectivity index (χ4n) is 8.09. The lowest BCUT2D eigenvalue weighted by molar-refractivity contribution is -0.241. The van der Waals surface area contributed by atoms with Crippen LogP contribution < -0.4 is 0 Å². The van der Waals surface area contributed by atoms with Crippen LogP contribution in [-0.4, -0.2) is 28.8 Å². The van der Waals surface area contributed by atoms with Gasteiger partial charge in [-0.1, -0.05) is 34.6 Å². The molecule has 4 rings (SSSR count). The molecule has 0 bridgehead atoms. The van der Waals surface area contributed by atoms with Gasteiger partial charge in [0, 0.05) is 24.3 Å². The molecule has 0 aromatic carbocycles. The van der Waals surface area contributed by atoms with Gasteiger partial charge in [0.25, 0.3) is 0 Å². The third-order valence-corrected chi connectivity index (χ3v) is 9.60. The van der Waals surface area contributed by atoms with Crippen LogP contribution in [0.25, 0.3) is 0 Å². The normalized spacial score (nSPS) is 48.4. The Morgan fingerprint density at radius 2 is 1.79 bits per heavy atom. The van der Waals surface area contributed by atoms with Gasteiger partial charge in [0.1, 0.15) is 5.60 Å². The van der Waals surface area contributed by atoms with Crippen LogP contribution in [-0.2, 0) is 19.1 Å². The molecule has 0 unspecified atom stereocenters. The number of fused-ring (bicyclic) bond motifs is 4. The van der Waals surface area contributed by atoms with Crippen molar-refractivity contribution < 1.29 is 24.2 Å². The maximum Gasteiger partial charge on any atom is 0.375 e. The summed E-state index contributed by atoms with van der Waals surface area (Å²) in [6, 6.07) is 0. The molecule has 7 atom stereocenters. The highest BCUT2D eigenvalue weighted by Crippen LogP contribution is 2.71. The van der Waals surface area contributed by atoms with Crippen molar-refractivity contribution in [3.05, 3.63) is 11.8 Å². The summed E-state index contributed by atoms with van der Waals surface area (Å²) in [5.41, 5.74) is -0.971. The zero-order chi connectivity index (χ0) is 21.4. The van der Waals surface area contributed by atoms with E-state index in [4.69, 9.17) is 9.47 Å². The van der Waals surface area contributed by atoms with Crippen molar-refractivity contribution in [2.75, 3.05) is 0 Å². The second kappa shape index (κ2) is 6.32. The third kappa shape index (κ3) is 2.62. The van der Waals surface area contributed by atoms with E-state index in [1.54, 1.807) is 0 Å². The molecule has 1 N–H and O–H groups in total. The molecule has 0 aromatic rings. The summed E-state index contributed by atoms with van der Waals surface area (Å²) < 4.78 is 11.3. The smallest absolute Gasteiger partial charge is 0.375 e. The molecule has 1 heterocycles. The molecule has 5 nitrogen and oxygen atoms in total. The lowest BCUT2D eigenvalue weighted by Gasteiger charge is -2.68. The largest absolute Gasteiger partial charge is 0.448 e. The Balaban J connectivity index is 1.78. The summed E-state index contributed by atoms with van der Waals surface area (Å²) in [6.07, 6.45) is 7.42. The topological polar surface area (TPSA) is 72.8 Å². The van der Waals surface area contributed by atoms with Crippen molar-refractivity contribution in [3.63, 3.8) is 0 Å². The molecule has 0 aromatic heterocycles. The number of aliphatic hydroxyl groups is 1. The lowest BCUT2D eigenvalue weighted by atomic mass is 9.37. The second-order valence-electron chi connectivity index (χ2n) is 11.2. The highest BCUT2D eigenvalue weighted by molar-refractivity contribution is 5.92. The summed E-state index contributed by atoms with van der Waals surface area (Å²) in [5, 5.41) is 10.7. The van der Waals surface area contributed by atoms with Crippen LogP contribution in [0.3, 0.4) is 0 Å². The Bertz CT molecular complexity index is 769. The van der Waals surface area contributed by atoms with E-state index < -0.39 is 17.5 Å². The van der Waals surface area contributed by atoms with Crippen molar-refractivity contribution in [2.45, 2.75) is 91.8 Å². The quantitative estimate of drug-likeness (QED) is 0.657. The molecule has 5 heteroatoms. The van der Waals surface area contributed by atoms with E-state index in [9.17, 15) is 14.7 Å². The summed E-state index contributed by atoms with van der Waals surface area (Å²) in [6.45, 7) is 12.6. The second-order valence-corrected chi connectivity index (χ2v) is 11.2. The number of esters is 2. The maximum absolute atomic E-state index is 12.7. The fraction of sp³-hybridized carbons (Fsp3) is 0.833. The first-order chi connectivity index (χ1) is 13.4. The molecule has 162 valence electrons. The van der Waals surface area contributed by atoms with Crippen LogP contribution in [0.2, 0.25) is 0 Å². The standard InChI is InChI=1S/C24H36O5/c1-14-7-8-18-22(5)11-10-19(26)21(3,4)17(22)9-12-23(18,6)24(14)13-16(20(27)29-24)28-15(2)25/h13-14,17-19,26H,7-12H2,1-6H3/t14-,17-,18+,19-,22-,23+,24-/m0/s1. The lowest BCUT2D eigenvalue weighted by Crippen LogP contribution is -2.67. The first-order valence-electron chi connectivity index (χ1n) is 11.2. The van der Waals surface area contributed by atoms with E-state index in [1.807, 2.05) is 6.08 Å². The van der Waals surface area contributed by atoms with Crippen molar-refractivity contribution in [3.8, 4) is 0 Å². The molecular formula is C24H36O5. The van der Waals surface area contributed by atoms with E-state index in [0.29, 0.717) is 11.8 Å². The predicted octanol–water partition coefficient (Wildman–Crippen LogP) is 4.38. The molecule has 1 spiro atoms. The minimum absolute atomic E-state index is 0.0536. The van der Waals surface area contributed by atoms with Crippen LogP contribution in [0.15, 0.2) is 11.8 Å². The van der Waals surface area contributed by atoms with Crippen LogP contribution in [0.1, 0.15) is 80.1 Å². The van der Waals surface area contributed by atoms with Gasteiger partial charge >= 0.3 is 11.9 Å². The monoisotopic (exact) mass is 404 g/mol. The highest BCUT2D eigenvalue weighted by atomic mass is 16.6. The number of carbonyl (C=O) groups is 2. The molecule has 1 aliphatic heterocycles. The highest BCUT2D eigenvalue weighted by Gasteiger charge is 2.70. The van der Waals surface area contributed by atoms with Gasteiger partial charge in [-0.15, -0.1) is 0 Å². The number of hydrogen-bond donors (Lipinski definition) is 1. The number of rotatable bonds is 1. The SMILES string of the molecule is CC(=O)OC1=C[C@]2(OC1=O)[C@@H](C)CC[C@@H]1[C@@]3(C)CC[C@H](O)C(C)(C)[C@@H]3CC[C@]12C. The molecule has 29 heavy (non-hydrogen) atoms. The van der Waals surface area contributed by atoms with E-state index in [2.05, 4.69) is 34.6 Å². The zero-order valence-corrected chi connectivity index (χ0v) is 18.7. The first-order valence-corrected chi connectivity index (χ1v) is 11.2. The molecule has 0 amide bonds. The van der Waals surface area contributed by atoms with E-state index in [-0.39, 0.29) is 34.0 Å². The maximum atomic E-state index is 12.7. The van der Waals surface area contributed by atoms with E-state index >= 15 is 0 Å². The van der Waals surface area contributed by atoms with Gasteiger partial charge in [-0.25, -0.2) is 4.79 Å². The fourth-order valence-corrected chi connectivity index (χ4v) is 8.09. The number of hydrogen-bond acceptors (Lipinski definition) is 5. The van der Waals surface area contributed by atoms with Crippen LogP contribution in [0.5, 0.6) is 0 Å². The van der Waals surface area contributed by atoms with Gasteiger partial charge < -0.3 is 14.6 Å². The Kier molecular flexibility index (Phi) is 4.55. The molecule has 0 radical (unpaired) electrons. The van der Waals surface area contributed by atoms with E-state index in [1.165, 1.54) is 6.92 Å². The average molecular weight is 405 g/mol. The van der Waals surface area contributed by atoms with Crippen LogP contribution in [0.4, 0.5) is 0 Å². The van der Waals surface area contributed by atoms with E-state index in [0.717, 1.165) is 38.5 Å². The van der Waals surface area contributed by atoms with Gasteiger partial charge in [-0.05, 0) is 61.2 Å². The molecule has 3 fully saturated rings. The van der Waals surface area contributed by atoms with Crippen LogP contribution >= 0.6 is 0 Å².